The van der Waals surface area contributed by atoms with Crippen molar-refractivity contribution in [3.05, 3.63) is 89.4 Å². The van der Waals surface area contributed by atoms with Crippen molar-refractivity contribution >= 4 is 50.6 Å². The second-order valence-electron chi connectivity index (χ2n) is 8.84. The van der Waals surface area contributed by atoms with E-state index in [2.05, 4.69) is 5.32 Å². The summed E-state index contributed by atoms with van der Waals surface area (Å²) in [6, 6.07) is 24.0. The number of aromatic nitrogens is 1. The maximum Gasteiger partial charge on any atom is 0.313 e. The summed E-state index contributed by atoms with van der Waals surface area (Å²) in [5, 5.41) is 3.68. The van der Waals surface area contributed by atoms with Gasteiger partial charge in [-0.1, -0.05) is 36.4 Å². The van der Waals surface area contributed by atoms with E-state index in [1.165, 1.54) is 0 Å². The highest BCUT2D eigenvalue weighted by atomic mass is 32.1. The van der Waals surface area contributed by atoms with E-state index in [0.29, 0.717) is 24.3 Å². The van der Waals surface area contributed by atoms with Gasteiger partial charge in [-0.3, -0.25) is 14.4 Å². The molecule has 1 aliphatic heterocycles. The SMILES string of the molecule is CN(C(=O)c1cccc(NC(=O)C(=O)N2CCCC(c3nc4ccccc4s3)C2)c1)c1ccccc1. The molecule has 7 nitrogen and oxygen atoms in total. The van der Waals surface area contributed by atoms with Gasteiger partial charge in [0, 0.05) is 43.0 Å². The van der Waals surface area contributed by atoms with Crippen molar-refractivity contribution in [3.8, 4) is 0 Å². The fourth-order valence-electron chi connectivity index (χ4n) is 4.45. The lowest BCUT2D eigenvalue weighted by atomic mass is 9.98. The van der Waals surface area contributed by atoms with Crippen LogP contribution in [0.2, 0.25) is 0 Å². The number of rotatable bonds is 4. The monoisotopic (exact) mass is 498 g/mol. The van der Waals surface area contributed by atoms with Crippen molar-refractivity contribution in [2.75, 3.05) is 30.4 Å². The Morgan fingerprint density at radius 3 is 2.58 bits per heavy atom. The van der Waals surface area contributed by atoms with Crippen LogP contribution >= 0.6 is 11.3 Å². The van der Waals surface area contributed by atoms with Gasteiger partial charge in [0.25, 0.3) is 5.91 Å². The Kier molecular flexibility index (Phi) is 6.77. The molecule has 1 saturated heterocycles. The smallest absolute Gasteiger partial charge is 0.313 e. The van der Waals surface area contributed by atoms with Gasteiger partial charge in [0.1, 0.15) is 0 Å². The van der Waals surface area contributed by atoms with Gasteiger partial charge in [0.15, 0.2) is 0 Å². The molecule has 1 aromatic heterocycles. The Balaban J connectivity index is 1.24. The molecule has 182 valence electrons. The van der Waals surface area contributed by atoms with Crippen LogP contribution < -0.4 is 10.2 Å². The van der Waals surface area contributed by atoms with Gasteiger partial charge < -0.3 is 15.1 Å². The summed E-state index contributed by atoms with van der Waals surface area (Å²) in [5.41, 5.74) is 2.55. The highest BCUT2D eigenvalue weighted by Crippen LogP contribution is 2.33. The Hall–Kier alpha value is -4.04. The standard InChI is InChI=1S/C28H26N4O3S/c1-31(22-12-3-2-4-13-22)27(34)19-9-7-11-21(17-19)29-25(33)28(35)32-16-8-10-20(18-32)26-30-23-14-5-6-15-24(23)36-26/h2-7,9,11-15,17,20H,8,10,16,18H2,1H3,(H,29,33). The normalized spacial score (nSPS) is 15.5. The lowest BCUT2D eigenvalue weighted by molar-refractivity contribution is -0.144. The number of carbonyl (C=O) groups excluding carboxylic acids is 3. The average molecular weight is 499 g/mol. The van der Waals surface area contributed by atoms with Crippen LogP contribution in [0.25, 0.3) is 10.2 Å². The van der Waals surface area contributed by atoms with Gasteiger partial charge >= 0.3 is 11.8 Å². The molecule has 3 amide bonds. The summed E-state index contributed by atoms with van der Waals surface area (Å²) < 4.78 is 1.13. The highest BCUT2D eigenvalue weighted by molar-refractivity contribution is 7.18. The summed E-state index contributed by atoms with van der Waals surface area (Å²) in [6.45, 7) is 1.00. The summed E-state index contributed by atoms with van der Waals surface area (Å²) >= 11 is 1.65. The van der Waals surface area contributed by atoms with Crippen molar-refractivity contribution in [1.29, 1.82) is 0 Å². The summed E-state index contributed by atoms with van der Waals surface area (Å²) in [7, 11) is 1.70. The second kappa shape index (κ2) is 10.3. The third-order valence-corrected chi connectivity index (χ3v) is 7.58. The summed E-state index contributed by atoms with van der Waals surface area (Å²) in [5.74, 6) is -1.37. The Morgan fingerprint density at radius 2 is 1.78 bits per heavy atom. The number of hydrogen-bond donors (Lipinski definition) is 1. The molecule has 4 aromatic rings. The molecule has 1 atom stereocenters. The molecule has 0 radical (unpaired) electrons. The fraction of sp³-hybridized carbons (Fsp3) is 0.214. The van der Waals surface area contributed by atoms with Gasteiger partial charge in [0.05, 0.1) is 15.2 Å². The van der Waals surface area contributed by atoms with Crippen LogP contribution in [0.4, 0.5) is 11.4 Å². The third kappa shape index (κ3) is 4.99. The van der Waals surface area contributed by atoms with E-state index in [0.717, 1.165) is 33.8 Å². The van der Waals surface area contributed by atoms with Crippen LogP contribution in [-0.2, 0) is 9.59 Å². The third-order valence-electron chi connectivity index (χ3n) is 6.38. The maximum atomic E-state index is 13.0. The van der Waals surface area contributed by atoms with Gasteiger partial charge in [0.2, 0.25) is 0 Å². The zero-order chi connectivity index (χ0) is 25.1. The summed E-state index contributed by atoms with van der Waals surface area (Å²) in [4.78, 5) is 46.6. The highest BCUT2D eigenvalue weighted by Gasteiger charge is 2.30. The minimum atomic E-state index is -0.707. The summed E-state index contributed by atoms with van der Waals surface area (Å²) in [6.07, 6.45) is 1.75. The first-order valence-electron chi connectivity index (χ1n) is 11.9. The minimum absolute atomic E-state index is 0.113. The molecule has 3 aromatic carbocycles. The molecule has 1 fully saturated rings. The quantitative estimate of drug-likeness (QED) is 0.405. The Labute approximate surface area is 213 Å². The number of nitrogens with zero attached hydrogens (tertiary/aromatic N) is 3. The van der Waals surface area contributed by atoms with Crippen molar-refractivity contribution in [2.45, 2.75) is 18.8 Å². The Bertz CT molecular complexity index is 1390. The number of benzene rings is 3. The first-order valence-corrected chi connectivity index (χ1v) is 12.7. The van der Waals surface area contributed by atoms with Gasteiger partial charge in [-0.15, -0.1) is 11.3 Å². The maximum absolute atomic E-state index is 13.0. The van der Waals surface area contributed by atoms with E-state index in [1.807, 2.05) is 54.6 Å². The predicted molar refractivity (Wildman–Crippen MR) is 142 cm³/mol. The van der Waals surface area contributed by atoms with E-state index < -0.39 is 11.8 Å². The van der Waals surface area contributed by atoms with E-state index in [1.54, 1.807) is 52.4 Å². The van der Waals surface area contributed by atoms with Gasteiger partial charge in [-0.25, -0.2) is 4.98 Å². The molecular weight excluding hydrogens is 472 g/mol. The van der Waals surface area contributed by atoms with E-state index in [-0.39, 0.29) is 11.8 Å². The molecule has 0 aliphatic carbocycles. The van der Waals surface area contributed by atoms with E-state index in [9.17, 15) is 14.4 Å². The number of fused-ring (bicyclic) bond motifs is 1. The first-order chi connectivity index (χ1) is 17.5. The molecule has 1 aliphatic rings. The number of amides is 3. The molecule has 2 heterocycles. The molecular formula is C28H26N4O3S. The van der Waals surface area contributed by atoms with Crippen molar-refractivity contribution in [3.63, 3.8) is 0 Å². The molecule has 0 saturated carbocycles. The van der Waals surface area contributed by atoms with Crippen LogP contribution in [0.5, 0.6) is 0 Å². The number of hydrogen-bond acceptors (Lipinski definition) is 5. The number of carbonyl (C=O) groups is 3. The number of nitrogens with one attached hydrogen (secondary N) is 1. The van der Waals surface area contributed by atoms with Crippen molar-refractivity contribution < 1.29 is 14.4 Å². The molecule has 0 spiro atoms. The largest absolute Gasteiger partial charge is 0.334 e. The molecule has 1 N–H and O–H groups in total. The number of thiazole rings is 1. The number of likely N-dealkylation sites (tertiary alicyclic amines) is 1. The lowest BCUT2D eigenvalue weighted by Gasteiger charge is -2.31. The van der Waals surface area contributed by atoms with Crippen LogP contribution in [0.1, 0.15) is 34.1 Å². The molecule has 5 rings (SSSR count). The van der Waals surface area contributed by atoms with Gasteiger partial charge in [-0.2, -0.15) is 0 Å². The van der Waals surface area contributed by atoms with Crippen LogP contribution in [0.15, 0.2) is 78.9 Å². The Morgan fingerprint density at radius 1 is 1.00 bits per heavy atom. The minimum Gasteiger partial charge on any atom is -0.334 e. The van der Waals surface area contributed by atoms with Crippen molar-refractivity contribution in [2.24, 2.45) is 0 Å². The molecule has 36 heavy (non-hydrogen) atoms. The molecule has 1 unspecified atom stereocenters. The van der Waals surface area contributed by atoms with Crippen LogP contribution in [0.3, 0.4) is 0 Å². The zero-order valence-corrected chi connectivity index (χ0v) is 20.7. The van der Waals surface area contributed by atoms with E-state index in [4.69, 9.17) is 4.98 Å². The van der Waals surface area contributed by atoms with Crippen LogP contribution in [0, 0.1) is 0 Å². The lowest BCUT2D eigenvalue weighted by Crippen LogP contribution is -2.44. The number of para-hydroxylation sites is 2. The molecule has 8 heteroatoms. The van der Waals surface area contributed by atoms with Gasteiger partial charge in [-0.05, 0) is 55.3 Å². The van der Waals surface area contributed by atoms with Crippen LogP contribution in [-0.4, -0.2) is 47.7 Å². The second-order valence-corrected chi connectivity index (χ2v) is 9.91. The number of anilines is 2. The number of piperidine rings is 1. The topological polar surface area (TPSA) is 82.6 Å². The average Bonchev–Trinajstić information content (AvgIpc) is 3.37. The first kappa shape index (κ1) is 23.7. The fourth-order valence-corrected chi connectivity index (χ4v) is 5.54. The van der Waals surface area contributed by atoms with Crippen molar-refractivity contribution in [1.82, 2.24) is 9.88 Å². The molecule has 0 bridgehead atoms. The zero-order valence-electron chi connectivity index (χ0n) is 19.9. The predicted octanol–water partition coefficient (Wildman–Crippen LogP) is 4.92. The van der Waals surface area contributed by atoms with E-state index >= 15 is 0 Å².